The SMILES string of the molecule is NC(c1ccc(F)cc1)c1cscc1Br. The van der Waals surface area contributed by atoms with Crippen LogP contribution in [0.2, 0.25) is 0 Å². The lowest BCUT2D eigenvalue weighted by Crippen LogP contribution is -2.11. The summed E-state index contributed by atoms with van der Waals surface area (Å²) in [6.45, 7) is 0. The van der Waals surface area contributed by atoms with E-state index >= 15 is 0 Å². The zero-order valence-corrected chi connectivity index (χ0v) is 10.2. The monoisotopic (exact) mass is 285 g/mol. The molecule has 78 valence electrons. The number of hydrogen-bond acceptors (Lipinski definition) is 2. The summed E-state index contributed by atoms with van der Waals surface area (Å²) in [7, 11) is 0. The van der Waals surface area contributed by atoms with Crippen LogP contribution >= 0.6 is 27.3 Å². The summed E-state index contributed by atoms with van der Waals surface area (Å²) in [5.41, 5.74) is 8.01. The van der Waals surface area contributed by atoms with Crippen LogP contribution in [0.1, 0.15) is 17.2 Å². The zero-order valence-electron chi connectivity index (χ0n) is 7.78. The van der Waals surface area contributed by atoms with Crippen LogP contribution in [0.15, 0.2) is 39.5 Å². The van der Waals surface area contributed by atoms with Crippen molar-refractivity contribution < 1.29 is 4.39 Å². The molecule has 0 amide bonds. The Morgan fingerprint density at radius 3 is 2.40 bits per heavy atom. The molecule has 0 aliphatic carbocycles. The van der Waals surface area contributed by atoms with Gasteiger partial charge in [0.1, 0.15) is 5.82 Å². The highest BCUT2D eigenvalue weighted by Crippen LogP contribution is 2.29. The Bertz CT molecular complexity index is 452. The van der Waals surface area contributed by atoms with Crippen LogP contribution in [0.25, 0.3) is 0 Å². The molecule has 0 fully saturated rings. The fourth-order valence-electron chi connectivity index (χ4n) is 1.36. The summed E-state index contributed by atoms with van der Waals surface area (Å²) in [6.07, 6.45) is 0. The van der Waals surface area contributed by atoms with E-state index in [-0.39, 0.29) is 11.9 Å². The molecule has 0 radical (unpaired) electrons. The van der Waals surface area contributed by atoms with Crippen molar-refractivity contribution in [1.82, 2.24) is 0 Å². The van der Waals surface area contributed by atoms with E-state index in [4.69, 9.17) is 5.73 Å². The first-order valence-electron chi connectivity index (χ1n) is 4.41. The second-order valence-electron chi connectivity index (χ2n) is 3.20. The van der Waals surface area contributed by atoms with Gasteiger partial charge in [-0.2, -0.15) is 11.3 Å². The zero-order chi connectivity index (χ0) is 10.8. The number of thiophene rings is 1. The lowest BCUT2D eigenvalue weighted by molar-refractivity contribution is 0.626. The largest absolute Gasteiger partial charge is 0.320 e. The van der Waals surface area contributed by atoms with Gasteiger partial charge < -0.3 is 5.73 Å². The van der Waals surface area contributed by atoms with E-state index in [1.807, 2.05) is 10.8 Å². The highest BCUT2D eigenvalue weighted by Gasteiger charge is 2.12. The van der Waals surface area contributed by atoms with Crippen LogP contribution in [0.3, 0.4) is 0 Å². The summed E-state index contributed by atoms with van der Waals surface area (Å²) in [5, 5.41) is 3.98. The second kappa shape index (κ2) is 4.43. The maximum absolute atomic E-state index is 12.7. The average Bonchev–Trinajstić information content (AvgIpc) is 2.65. The van der Waals surface area contributed by atoms with Crippen LogP contribution < -0.4 is 5.73 Å². The van der Waals surface area contributed by atoms with Gasteiger partial charge >= 0.3 is 0 Å². The maximum Gasteiger partial charge on any atom is 0.123 e. The molecule has 0 aliphatic rings. The quantitative estimate of drug-likeness (QED) is 0.895. The van der Waals surface area contributed by atoms with Crippen molar-refractivity contribution in [2.24, 2.45) is 5.73 Å². The summed E-state index contributed by atoms with van der Waals surface area (Å²) >= 11 is 5.03. The van der Waals surface area contributed by atoms with E-state index in [9.17, 15) is 4.39 Å². The van der Waals surface area contributed by atoms with Gasteiger partial charge in [-0.25, -0.2) is 4.39 Å². The third-order valence-electron chi connectivity index (χ3n) is 2.21. The molecule has 2 N–H and O–H groups in total. The minimum atomic E-state index is -0.240. The standard InChI is InChI=1S/C11H9BrFNS/c12-10-6-15-5-9(10)11(14)7-1-3-8(13)4-2-7/h1-6,11H,14H2. The predicted molar refractivity (Wildman–Crippen MR) is 64.4 cm³/mol. The van der Waals surface area contributed by atoms with Crippen LogP contribution in [-0.4, -0.2) is 0 Å². The van der Waals surface area contributed by atoms with Crippen molar-refractivity contribution in [3.8, 4) is 0 Å². The number of rotatable bonds is 2. The maximum atomic E-state index is 12.7. The van der Waals surface area contributed by atoms with Gasteiger partial charge in [0.15, 0.2) is 0 Å². The Morgan fingerprint density at radius 1 is 1.20 bits per heavy atom. The van der Waals surface area contributed by atoms with Crippen LogP contribution in [-0.2, 0) is 0 Å². The number of halogens is 2. The van der Waals surface area contributed by atoms with E-state index in [0.29, 0.717) is 0 Å². The molecule has 0 bridgehead atoms. The summed E-state index contributed by atoms with van der Waals surface area (Å²) in [4.78, 5) is 0. The van der Waals surface area contributed by atoms with Gasteiger partial charge in [-0.1, -0.05) is 12.1 Å². The lowest BCUT2D eigenvalue weighted by Gasteiger charge is -2.11. The van der Waals surface area contributed by atoms with Gasteiger partial charge in [0.2, 0.25) is 0 Å². The van der Waals surface area contributed by atoms with Gasteiger partial charge in [-0.15, -0.1) is 0 Å². The molecule has 0 spiro atoms. The topological polar surface area (TPSA) is 26.0 Å². The number of hydrogen-bond donors (Lipinski definition) is 1. The molecule has 15 heavy (non-hydrogen) atoms. The molecule has 0 saturated heterocycles. The van der Waals surface area contributed by atoms with E-state index in [1.165, 1.54) is 12.1 Å². The fraction of sp³-hybridized carbons (Fsp3) is 0.0909. The van der Waals surface area contributed by atoms with Crippen LogP contribution in [0, 0.1) is 5.82 Å². The number of benzene rings is 1. The first-order chi connectivity index (χ1) is 7.18. The Balaban J connectivity index is 2.32. The van der Waals surface area contributed by atoms with Crippen molar-refractivity contribution >= 4 is 27.3 Å². The average molecular weight is 286 g/mol. The van der Waals surface area contributed by atoms with Gasteiger partial charge in [-0.3, -0.25) is 0 Å². The second-order valence-corrected chi connectivity index (χ2v) is 4.80. The van der Waals surface area contributed by atoms with E-state index in [0.717, 1.165) is 15.6 Å². The van der Waals surface area contributed by atoms with E-state index in [1.54, 1.807) is 23.5 Å². The highest BCUT2D eigenvalue weighted by molar-refractivity contribution is 9.10. The molecule has 2 aromatic rings. The van der Waals surface area contributed by atoms with Crippen LogP contribution in [0.4, 0.5) is 4.39 Å². The Hall–Kier alpha value is -0.710. The molecule has 1 nitrogen and oxygen atoms in total. The molecule has 1 atom stereocenters. The van der Waals surface area contributed by atoms with Gasteiger partial charge in [-0.05, 0) is 44.6 Å². The minimum Gasteiger partial charge on any atom is -0.320 e. The Kier molecular flexibility index (Phi) is 3.19. The smallest absolute Gasteiger partial charge is 0.123 e. The van der Waals surface area contributed by atoms with Crippen LogP contribution in [0.5, 0.6) is 0 Å². The molecule has 1 aromatic carbocycles. The van der Waals surface area contributed by atoms with Crippen molar-refractivity contribution in [1.29, 1.82) is 0 Å². The Morgan fingerprint density at radius 2 is 1.87 bits per heavy atom. The van der Waals surface area contributed by atoms with Gasteiger partial charge in [0, 0.05) is 9.85 Å². The van der Waals surface area contributed by atoms with Gasteiger partial charge in [0.25, 0.3) is 0 Å². The molecular weight excluding hydrogens is 277 g/mol. The van der Waals surface area contributed by atoms with Crippen molar-refractivity contribution in [3.05, 3.63) is 56.4 Å². The Labute approximate surface area is 99.9 Å². The third kappa shape index (κ3) is 2.27. The molecule has 0 aliphatic heterocycles. The fourth-order valence-corrected chi connectivity index (χ4v) is 2.94. The molecule has 1 aromatic heterocycles. The van der Waals surface area contributed by atoms with Crippen molar-refractivity contribution in [2.75, 3.05) is 0 Å². The van der Waals surface area contributed by atoms with E-state index in [2.05, 4.69) is 15.9 Å². The number of nitrogens with two attached hydrogens (primary N) is 1. The summed E-state index contributed by atoms with van der Waals surface area (Å²) in [6, 6.07) is 6.07. The molecule has 2 rings (SSSR count). The van der Waals surface area contributed by atoms with Gasteiger partial charge in [0.05, 0.1) is 6.04 Å². The predicted octanol–water partition coefficient (Wildman–Crippen LogP) is 3.70. The van der Waals surface area contributed by atoms with Crippen molar-refractivity contribution in [3.63, 3.8) is 0 Å². The third-order valence-corrected chi connectivity index (χ3v) is 3.96. The lowest BCUT2D eigenvalue weighted by atomic mass is 10.0. The van der Waals surface area contributed by atoms with Crippen molar-refractivity contribution in [2.45, 2.75) is 6.04 Å². The molecule has 1 heterocycles. The first kappa shape index (κ1) is 10.8. The molecular formula is C11H9BrFNS. The summed E-state index contributed by atoms with van der Waals surface area (Å²) < 4.78 is 13.7. The molecule has 4 heteroatoms. The minimum absolute atomic E-state index is 0.203. The molecule has 1 unspecified atom stereocenters. The highest BCUT2D eigenvalue weighted by atomic mass is 79.9. The normalized spacial score (nSPS) is 12.7. The summed E-state index contributed by atoms with van der Waals surface area (Å²) in [5.74, 6) is -0.240. The first-order valence-corrected chi connectivity index (χ1v) is 6.14. The molecule has 0 saturated carbocycles. The van der Waals surface area contributed by atoms with E-state index < -0.39 is 0 Å².